The van der Waals surface area contributed by atoms with Crippen molar-refractivity contribution in [2.45, 2.75) is 53.1 Å². The maximum atomic E-state index is 4.36. The summed E-state index contributed by atoms with van der Waals surface area (Å²) in [7, 11) is 0. The third kappa shape index (κ3) is 4.11. The molecule has 5 heteroatoms. The van der Waals surface area contributed by atoms with Crippen LogP contribution in [0, 0.1) is 13.8 Å². The lowest BCUT2D eigenvalue weighted by Gasteiger charge is -2.20. The van der Waals surface area contributed by atoms with Gasteiger partial charge in [0.2, 0.25) is 0 Å². The fourth-order valence-electron chi connectivity index (χ4n) is 2.45. The van der Waals surface area contributed by atoms with Crippen LogP contribution < -0.4 is 5.32 Å². The summed E-state index contributed by atoms with van der Waals surface area (Å²) >= 11 is 0. The molecular weight excluding hydrogens is 262 g/mol. The molecule has 0 aliphatic heterocycles. The molecule has 0 aliphatic carbocycles. The van der Waals surface area contributed by atoms with E-state index in [9.17, 15) is 0 Å². The lowest BCUT2D eigenvalue weighted by atomic mass is 9.99. The molecule has 1 atom stereocenters. The van der Waals surface area contributed by atoms with Crippen LogP contribution in [0.25, 0.3) is 0 Å². The van der Waals surface area contributed by atoms with Crippen molar-refractivity contribution in [3.8, 4) is 0 Å². The molecule has 2 rings (SSSR count). The Morgan fingerprint density at radius 3 is 2.71 bits per heavy atom. The number of aryl methyl sites for hydroxylation is 3. The SMILES string of the molecule is CCCNC(Cc1cnn(CC)c1)c1cc(C)nnc1C. The maximum absolute atomic E-state index is 4.36. The largest absolute Gasteiger partial charge is 0.310 e. The van der Waals surface area contributed by atoms with Gasteiger partial charge in [-0.05, 0) is 57.4 Å². The van der Waals surface area contributed by atoms with Gasteiger partial charge in [-0.3, -0.25) is 4.68 Å². The van der Waals surface area contributed by atoms with E-state index >= 15 is 0 Å². The standard InChI is InChI=1S/C16H25N5/c1-5-7-17-16(9-14-10-18-21(6-2)11-14)15-8-12(3)19-20-13(15)4/h8,10-11,16-17H,5-7,9H2,1-4H3. The summed E-state index contributed by atoms with van der Waals surface area (Å²) in [5.74, 6) is 0. The molecule has 1 unspecified atom stereocenters. The van der Waals surface area contributed by atoms with Gasteiger partial charge in [0.1, 0.15) is 0 Å². The number of hydrogen-bond donors (Lipinski definition) is 1. The minimum absolute atomic E-state index is 0.258. The van der Waals surface area contributed by atoms with Gasteiger partial charge in [-0.1, -0.05) is 6.92 Å². The van der Waals surface area contributed by atoms with Crippen molar-refractivity contribution < 1.29 is 0 Å². The maximum Gasteiger partial charge on any atom is 0.0648 e. The van der Waals surface area contributed by atoms with Gasteiger partial charge in [-0.25, -0.2) is 0 Å². The molecule has 0 saturated heterocycles. The molecule has 5 nitrogen and oxygen atoms in total. The van der Waals surface area contributed by atoms with Crippen LogP contribution in [0.5, 0.6) is 0 Å². The highest BCUT2D eigenvalue weighted by Crippen LogP contribution is 2.21. The Balaban J connectivity index is 2.22. The van der Waals surface area contributed by atoms with E-state index in [1.807, 2.05) is 24.7 Å². The molecule has 0 spiro atoms. The van der Waals surface area contributed by atoms with Gasteiger partial charge in [0.05, 0.1) is 17.6 Å². The Kier molecular flexibility index (Phi) is 5.44. The highest BCUT2D eigenvalue weighted by atomic mass is 15.3. The third-order valence-electron chi connectivity index (χ3n) is 3.61. The first kappa shape index (κ1) is 15.6. The van der Waals surface area contributed by atoms with E-state index in [2.05, 4.69) is 46.7 Å². The molecule has 21 heavy (non-hydrogen) atoms. The summed E-state index contributed by atoms with van der Waals surface area (Å²) in [6.07, 6.45) is 6.12. The van der Waals surface area contributed by atoms with E-state index in [1.54, 1.807) is 0 Å². The zero-order chi connectivity index (χ0) is 15.2. The van der Waals surface area contributed by atoms with Gasteiger partial charge in [-0.15, -0.1) is 0 Å². The number of rotatable bonds is 7. The van der Waals surface area contributed by atoms with Crippen molar-refractivity contribution >= 4 is 0 Å². The fraction of sp³-hybridized carbons (Fsp3) is 0.562. The summed E-state index contributed by atoms with van der Waals surface area (Å²) < 4.78 is 1.97. The predicted molar refractivity (Wildman–Crippen MR) is 84.1 cm³/mol. The smallest absolute Gasteiger partial charge is 0.0648 e. The number of nitrogens with one attached hydrogen (secondary N) is 1. The van der Waals surface area contributed by atoms with Crippen LogP contribution in [0.1, 0.15) is 48.8 Å². The van der Waals surface area contributed by atoms with Gasteiger partial charge in [-0.2, -0.15) is 15.3 Å². The first-order valence-corrected chi connectivity index (χ1v) is 7.69. The Bertz CT molecular complexity index is 576. The molecule has 2 heterocycles. The minimum atomic E-state index is 0.258. The van der Waals surface area contributed by atoms with Crippen LogP contribution in [0.4, 0.5) is 0 Å². The van der Waals surface area contributed by atoms with Crippen molar-refractivity contribution in [3.63, 3.8) is 0 Å². The predicted octanol–water partition coefficient (Wildman–Crippen LogP) is 2.59. The molecule has 2 aromatic heterocycles. The van der Waals surface area contributed by atoms with Crippen LogP contribution in [-0.4, -0.2) is 26.5 Å². The average Bonchev–Trinajstić information content (AvgIpc) is 2.94. The quantitative estimate of drug-likeness (QED) is 0.850. The van der Waals surface area contributed by atoms with E-state index in [0.717, 1.165) is 37.3 Å². The van der Waals surface area contributed by atoms with Crippen LogP contribution in [-0.2, 0) is 13.0 Å². The van der Waals surface area contributed by atoms with Crippen LogP contribution in [0.15, 0.2) is 18.5 Å². The van der Waals surface area contributed by atoms with Gasteiger partial charge < -0.3 is 5.32 Å². The third-order valence-corrected chi connectivity index (χ3v) is 3.61. The zero-order valence-electron chi connectivity index (χ0n) is 13.4. The number of aromatic nitrogens is 4. The molecule has 0 aromatic carbocycles. The van der Waals surface area contributed by atoms with Crippen molar-refractivity contribution in [2.24, 2.45) is 0 Å². The van der Waals surface area contributed by atoms with E-state index < -0.39 is 0 Å². The van der Waals surface area contributed by atoms with Gasteiger partial charge in [0.25, 0.3) is 0 Å². The normalized spacial score (nSPS) is 12.6. The van der Waals surface area contributed by atoms with Crippen molar-refractivity contribution in [1.29, 1.82) is 0 Å². The molecule has 0 radical (unpaired) electrons. The van der Waals surface area contributed by atoms with Crippen molar-refractivity contribution in [3.05, 3.63) is 41.0 Å². The first-order chi connectivity index (χ1) is 10.1. The van der Waals surface area contributed by atoms with Gasteiger partial charge >= 0.3 is 0 Å². The fourth-order valence-corrected chi connectivity index (χ4v) is 2.45. The second-order valence-electron chi connectivity index (χ2n) is 5.44. The second kappa shape index (κ2) is 7.31. The van der Waals surface area contributed by atoms with E-state index in [0.29, 0.717) is 0 Å². The highest BCUT2D eigenvalue weighted by molar-refractivity contribution is 5.25. The number of hydrogen-bond acceptors (Lipinski definition) is 4. The first-order valence-electron chi connectivity index (χ1n) is 7.69. The summed E-state index contributed by atoms with van der Waals surface area (Å²) in [5.41, 5.74) is 4.44. The summed E-state index contributed by atoms with van der Waals surface area (Å²) in [6.45, 7) is 10.2. The zero-order valence-corrected chi connectivity index (χ0v) is 13.4. The Labute approximate surface area is 126 Å². The molecular formula is C16H25N5. The summed E-state index contributed by atoms with van der Waals surface area (Å²) in [4.78, 5) is 0. The molecule has 0 amide bonds. The average molecular weight is 287 g/mol. The Hall–Kier alpha value is -1.75. The molecule has 0 bridgehead atoms. The molecule has 2 aromatic rings. The molecule has 1 N–H and O–H groups in total. The van der Waals surface area contributed by atoms with E-state index in [-0.39, 0.29) is 6.04 Å². The Morgan fingerprint density at radius 1 is 1.24 bits per heavy atom. The van der Waals surface area contributed by atoms with Gasteiger partial charge in [0, 0.05) is 18.8 Å². The molecule has 0 saturated carbocycles. The number of nitrogens with zero attached hydrogens (tertiary/aromatic N) is 4. The molecule has 114 valence electrons. The van der Waals surface area contributed by atoms with Crippen LogP contribution >= 0.6 is 0 Å². The topological polar surface area (TPSA) is 55.6 Å². The van der Waals surface area contributed by atoms with Crippen molar-refractivity contribution in [2.75, 3.05) is 6.54 Å². The minimum Gasteiger partial charge on any atom is -0.310 e. The molecule has 0 aliphatic rings. The van der Waals surface area contributed by atoms with E-state index in [4.69, 9.17) is 0 Å². The monoisotopic (exact) mass is 287 g/mol. The highest BCUT2D eigenvalue weighted by Gasteiger charge is 2.16. The second-order valence-corrected chi connectivity index (χ2v) is 5.44. The summed E-state index contributed by atoms with van der Waals surface area (Å²) in [6, 6.07) is 2.40. The van der Waals surface area contributed by atoms with Gasteiger partial charge in [0.15, 0.2) is 0 Å². The summed E-state index contributed by atoms with van der Waals surface area (Å²) in [5, 5.41) is 16.4. The van der Waals surface area contributed by atoms with E-state index in [1.165, 1.54) is 11.1 Å². The van der Waals surface area contributed by atoms with Crippen LogP contribution in [0.2, 0.25) is 0 Å². The van der Waals surface area contributed by atoms with Crippen molar-refractivity contribution in [1.82, 2.24) is 25.3 Å². The van der Waals surface area contributed by atoms with Crippen LogP contribution in [0.3, 0.4) is 0 Å². The Morgan fingerprint density at radius 2 is 2.05 bits per heavy atom. The lowest BCUT2D eigenvalue weighted by Crippen LogP contribution is -2.25. The lowest BCUT2D eigenvalue weighted by molar-refractivity contribution is 0.522. The molecule has 0 fully saturated rings.